The van der Waals surface area contributed by atoms with Crippen LogP contribution in [0.25, 0.3) is 0 Å². The molecule has 1 aromatic rings. The number of carbonyl (C=O) groups excluding carboxylic acids is 1. The highest BCUT2D eigenvalue weighted by Gasteiger charge is 2.55. The molecule has 1 heterocycles. The largest absolute Gasteiger partial charge is 0.426 e. The van der Waals surface area contributed by atoms with Crippen LogP contribution in [0, 0.1) is 17.8 Å². The van der Waals surface area contributed by atoms with E-state index in [2.05, 4.69) is 49.5 Å². The minimum Gasteiger partial charge on any atom is -0.426 e. The van der Waals surface area contributed by atoms with Crippen molar-refractivity contribution in [3.63, 3.8) is 0 Å². The molecule has 1 aliphatic heterocycles. The minimum atomic E-state index is -0.00274. The van der Waals surface area contributed by atoms with Gasteiger partial charge < -0.3 is 4.74 Å². The number of hydrogen-bond acceptors (Lipinski definition) is 4. The Morgan fingerprint density at radius 2 is 1.68 bits per heavy atom. The van der Waals surface area contributed by atoms with Crippen molar-refractivity contribution < 1.29 is 9.53 Å². The third-order valence-electron chi connectivity index (χ3n) is 6.22. The molecule has 2 nitrogen and oxygen atoms in total. The molecule has 3 aliphatic rings. The van der Waals surface area contributed by atoms with Gasteiger partial charge in [-0.25, -0.2) is 0 Å². The van der Waals surface area contributed by atoms with Crippen molar-refractivity contribution in [1.82, 2.24) is 0 Å². The first-order valence-corrected chi connectivity index (χ1v) is 11.6. The summed E-state index contributed by atoms with van der Waals surface area (Å²) in [6, 6.07) is 8.04. The normalized spacial score (nSPS) is 30.6. The summed E-state index contributed by atoms with van der Waals surface area (Å²) in [7, 11) is 0. The first kappa shape index (κ1) is 17.8. The lowest BCUT2D eigenvalue weighted by atomic mass is 9.67. The topological polar surface area (TPSA) is 26.3 Å². The van der Waals surface area contributed by atoms with Crippen LogP contribution >= 0.6 is 23.5 Å². The number of carbonyl (C=O) groups is 1. The van der Waals surface area contributed by atoms with Gasteiger partial charge in [-0.1, -0.05) is 32.4 Å². The summed E-state index contributed by atoms with van der Waals surface area (Å²) in [6.07, 6.45) is 5.99. The van der Waals surface area contributed by atoms with Crippen LogP contribution in [0.4, 0.5) is 0 Å². The Morgan fingerprint density at radius 1 is 1.08 bits per heavy atom. The number of esters is 1. The second-order valence-electron chi connectivity index (χ2n) is 8.06. The summed E-state index contributed by atoms with van der Waals surface area (Å²) in [5.41, 5.74) is 1.28. The first-order valence-electron chi connectivity index (χ1n) is 9.68. The van der Waals surface area contributed by atoms with E-state index in [0.29, 0.717) is 27.6 Å². The Kier molecular flexibility index (Phi) is 5.11. The van der Waals surface area contributed by atoms with Crippen molar-refractivity contribution in [1.29, 1.82) is 0 Å². The highest BCUT2D eigenvalue weighted by molar-refractivity contribution is 8.21. The minimum absolute atomic E-state index is 0.00274. The molecule has 0 amide bonds. The van der Waals surface area contributed by atoms with Crippen LogP contribution < -0.4 is 4.74 Å². The molecule has 136 valence electrons. The molecule has 2 unspecified atom stereocenters. The molecule has 2 bridgehead atoms. The molecule has 2 aliphatic carbocycles. The molecular formula is C21H28O2S2. The number of ether oxygens (including phenoxy) is 1. The van der Waals surface area contributed by atoms with Gasteiger partial charge in [0.05, 0.1) is 10.00 Å². The van der Waals surface area contributed by atoms with E-state index in [1.807, 2.05) is 12.1 Å². The fourth-order valence-electron chi connectivity index (χ4n) is 4.92. The van der Waals surface area contributed by atoms with E-state index in [9.17, 15) is 4.79 Å². The zero-order valence-electron chi connectivity index (χ0n) is 15.2. The molecule has 1 saturated heterocycles. The number of thioether (sulfide) groups is 2. The molecule has 0 aromatic heterocycles. The predicted octanol–water partition coefficient (Wildman–Crippen LogP) is 5.72. The molecule has 1 aromatic carbocycles. The van der Waals surface area contributed by atoms with Gasteiger partial charge in [0.15, 0.2) is 0 Å². The van der Waals surface area contributed by atoms with E-state index in [4.69, 9.17) is 4.74 Å². The van der Waals surface area contributed by atoms with E-state index in [1.165, 1.54) is 36.3 Å². The Labute approximate surface area is 159 Å². The van der Waals surface area contributed by atoms with Crippen LogP contribution in [0.5, 0.6) is 5.75 Å². The Hall–Kier alpha value is -0.610. The average molecular weight is 377 g/mol. The fraction of sp³-hybridized carbons (Fsp3) is 0.667. The smallest absolute Gasteiger partial charge is 0.314 e. The Balaban J connectivity index is 1.43. The van der Waals surface area contributed by atoms with Gasteiger partial charge in [-0.05, 0) is 61.1 Å². The van der Waals surface area contributed by atoms with Crippen molar-refractivity contribution in [2.24, 2.45) is 17.8 Å². The van der Waals surface area contributed by atoms with Crippen LogP contribution in [0.15, 0.2) is 24.3 Å². The highest BCUT2D eigenvalue weighted by Crippen LogP contribution is 2.64. The number of hydrogen-bond donors (Lipinski definition) is 0. The first-order chi connectivity index (χ1) is 12.1. The van der Waals surface area contributed by atoms with E-state index in [-0.39, 0.29) is 11.9 Å². The summed E-state index contributed by atoms with van der Waals surface area (Å²) < 4.78 is 6.18. The summed E-state index contributed by atoms with van der Waals surface area (Å²) >= 11 is 4.38. The second-order valence-corrected chi connectivity index (χ2v) is 11.1. The standard InChI is InChI=1S/C21H28O2S2/c1-14(2)15-6-8-19(9-7-15)23-20(22)16-12-17-4-3-5-18(13-16)21(17)24-10-11-25-21/h6-9,14,16-18H,3-5,10-13H2,1-2H3. The SMILES string of the molecule is CC(C)c1ccc(OC(=O)C2CC3CCCC(C2)C32SCCS2)cc1. The third kappa shape index (κ3) is 3.37. The monoisotopic (exact) mass is 376 g/mol. The van der Waals surface area contributed by atoms with Crippen molar-refractivity contribution in [2.45, 2.75) is 55.9 Å². The molecule has 4 heteroatoms. The van der Waals surface area contributed by atoms with Crippen molar-refractivity contribution >= 4 is 29.5 Å². The summed E-state index contributed by atoms with van der Waals surface area (Å²) in [6.45, 7) is 4.35. The van der Waals surface area contributed by atoms with Gasteiger partial charge >= 0.3 is 5.97 Å². The van der Waals surface area contributed by atoms with Gasteiger partial charge in [0.1, 0.15) is 5.75 Å². The zero-order valence-corrected chi connectivity index (χ0v) is 16.8. The van der Waals surface area contributed by atoms with Gasteiger partial charge in [-0.15, -0.1) is 23.5 Å². The highest BCUT2D eigenvalue weighted by atomic mass is 32.2. The predicted molar refractivity (Wildman–Crippen MR) is 107 cm³/mol. The van der Waals surface area contributed by atoms with Crippen LogP contribution in [0.1, 0.15) is 57.4 Å². The molecule has 4 rings (SSSR count). The third-order valence-corrected chi connectivity index (χ3v) is 10.2. The summed E-state index contributed by atoms with van der Waals surface area (Å²) in [4.78, 5) is 12.8. The fourth-order valence-corrected chi connectivity index (χ4v) is 8.86. The van der Waals surface area contributed by atoms with Crippen LogP contribution in [-0.4, -0.2) is 21.6 Å². The maximum absolute atomic E-state index is 12.8. The van der Waals surface area contributed by atoms with Crippen molar-refractivity contribution in [3.05, 3.63) is 29.8 Å². The second kappa shape index (κ2) is 7.19. The average Bonchev–Trinajstić information content (AvgIpc) is 3.04. The molecule has 2 atom stereocenters. The molecular weight excluding hydrogens is 348 g/mol. The van der Waals surface area contributed by atoms with Gasteiger partial charge in [-0.2, -0.15) is 0 Å². The summed E-state index contributed by atoms with van der Waals surface area (Å²) in [5, 5.41) is 0. The number of rotatable bonds is 3. The zero-order chi connectivity index (χ0) is 17.4. The van der Waals surface area contributed by atoms with Gasteiger partial charge in [0, 0.05) is 11.5 Å². The van der Waals surface area contributed by atoms with E-state index >= 15 is 0 Å². The Bertz CT molecular complexity index is 603. The van der Waals surface area contributed by atoms with Gasteiger partial charge in [0.2, 0.25) is 0 Å². The van der Waals surface area contributed by atoms with Crippen LogP contribution in [0.2, 0.25) is 0 Å². The molecule has 2 saturated carbocycles. The molecule has 3 fully saturated rings. The summed E-state index contributed by atoms with van der Waals surface area (Å²) in [5.74, 6) is 5.25. The maximum Gasteiger partial charge on any atom is 0.314 e. The molecule has 1 spiro atoms. The van der Waals surface area contributed by atoms with Crippen molar-refractivity contribution in [2.75, 3.05) is 11.5 Å². The Morgan fingerprint density at radius 3 is 2.24 bits per heavy atom. The van der Waals surface area contributed by atoms with Crippen LogP contribution in [-0.2, 0) is 4.79 Å². The lowest BCUT2D eigenvalue weighted by Crippen LogP contribution is -2.48. The maximum atomic E-state index is 12.8. The van der Waals surface area contributed by atoms with Crippen LogP contribution in [0.3, 0.4) is 0 Å². The molecule has 0 N–H and O–H groups in total. The number of benzene rings is 1. The van der Waals surface area contributed by atoms with E-state index in [0.717, 1.165) is 12.8 Å². The molecule has 25 heavy (non-hydrogen) atoms. The van der Waals surface area contributed by atoms with E-state index < -0.39 is 0 Å². The quantitative estimate of drug-likeness (QED) is 0.498. The van der Waals surface area contributed by atoms with Crippen molar-refractivity contribution in [3.8, 4) is 5.75 Å². The van der Waals surface area contributed by atoms with Gasteiger partial charge in [-0.3, -0.25) is 4.79 Å². The molecule has 0 radical (unpaired) electrons. The van der Waals surface area contributed by atoms with Gasteiger partial charge in [0.25, 0.3) is 0 Å². The van der Waals surface area contributed by atoms with E-state index in [1.54, 1.807) is 0 Å². The lowest BCUT2D eigenvalue weighted by Gasteiger charge is -2.51. The lowest BCUT2D eigenvalue weighted by molar-refractivity contribution is -0.141.